The third kappa shape index (κ3) is 11.7. The summed E-state index contributed by atoms with van der Waals surface area (Å²) in [6.07, 6.45) is 8.00. The highest BCUT2D eigenvalue weighted by Gasteiger charge is 1.93. The molecule has 0 unspecified atom stereocenters. The van der Waals surface area contributed by atoms with E-state index in [-0.39, 0.29) is 0 Å². The fourth-order valence-electron chi connectivity index (χ4n) is 1.06. The fraction of sp³-hybridized carbons (Fsp3) is 0.778. The molecule has 13 heavy (non-hydrogen) atoms. The maximum absolute atomic E-state index is 10.2. The van der Waals surface area contributed by atoms with Gasteiger partial charge in [0, 0.05) is 0 Å². The van der Waals surface area contributed by atoms with Gasteiger partial charge in [-0.15, -0.1) is 0 Å². The lowest BCUT2D eigenvalue weighted by atomic mass is 10.1. The molecule has 3 nitrogen and oxygen atoms in total. The van der Waals surface area contributed by atoms with Gasteiger partial charge >= 0.3 is 0 Å². The third-order valence-corrected chi connectivity index (χ3v) is 2.28. The van der Waals surface area contributed by atoms with Gasteiger partial charge in [0.05, 0.1) is 5.41 Å². The average Bonchev–Trinajstić information content (AvgIpc) is 2.01. The summed E-state index contributed by atoms with van der Waals surface area (Å²) < 4.78 is 28.8. The molecule has 0 rings (SSSR count). The minimum Gasteiger partial charge on any atom is -0.282 e. The zero-order valence-corrected chi connectivity index (χ0v) is 8.89. The smallest absolute Gasteiger partial charge is 0.282 e. The van der Waals surface area contributed by atoms with E-state index in [0.717, 1.165) is 24.7 Å². The summed E-state index contributed by atoms with van der Waals surface area (Å²) in [6.45, 7) is 2.15. The molecular formula is C9H18O3S. The van der Waals surface area contributed by atoms with Gasteiger partial charge in [-0.05, 0) is 12.8 Å². The molecule has 0 radical (unpaired) electrons. The largest absolute Gasteiger partial charge is 0.287 e. The van der Waals surface area contributed by atoms with Crippen LogP contribution in [0.4, 0.5) is 0 Å². The van der Waals surface area contributed by atoms with E-state index in [2.05, 4.69) is 6.92 Å². The van der Waals surface area contributed by atoms with Crippen molar-refractivity contribution in [1.29, 1.82) is 0 Å². The van der Waals surface area contributed by atoms with Gasteiger partial charge in [-0.2, -0.15) is 8.42 Å². The Kier molecular flexibility index (Phi) is 6.90. The van der Waals surface area contributed by atoms with E-state index in [4.69, 9.17) is 4.55 Å². The molecule has 0 aliphatic heterocycles. The Bertz CT molecular complexity index is 229. The normalized spacial score (nSPS) is 12.5. The van der Waals surface area contributed by atoms with Crippen LogP contribution in [0, 0.1) is 0 Å². The highest BCUT2D eigenvalue weighted by molar-refractivity contribution is 7.88. The summed E-state index contributed by atoms with van der Waals surface area (Å²) in [6, 6.07) is 0. The predicted molar refractivity (Wildman–Crippen MR) is 54.1 cm³/mol. The van der Waals surface area contributed by atoms with Gasteiger partial charge in [-0.3, -0.25) is 4.55 Å². The van der Waals surface area contributed by atoms with Gasteiger partial charge < -0.3 is 0 Å². The van der Waals surface area contributed by atoms with Crippen molar-refractivity contribution in [2.24, 2.45) is 0 Å². The van der Waals surface area contributed by atoms with Gasteiger partial charge in [-0.1, -0.05) is 38.7 Å². The van der Waals surface area contributed by atoms with Crippen molar-refractivity contribution in [1.82, 2.24) is 0 Å². The van der Waals surface area contributed by atoms with E-state index < -0.39 is 10.1 Å². The molecule has 0 aliphatic carbocycles. The van der Waals surface area contributed by atoms with Crippen LogP contribution in [0.5, 0.6) is 0 Å². The lowest BCUT2D eigenvalue weighted by Crippen LogP contribution is -1.88. The molecule has 78 valence electrons. The molecule has 0 aromatic rings. The zero-order valence-electron chi connectivity index (χ0n) is 8.07. The van der Waals surface area contributed by atoms with Crippen LogP contribution in [0.1, 0.15) is 45.4 Å². The molecule has 0 heterocycles. The monoisotopic (exact) mass is 206 g/mol. The van der Waals surface area contributed by atoms with Crippen LogP contribution in [0.25, 0.3) is 0 Å². The second-order valence-electron chi connectivity index (χ2n) is 3.09. The summed E-state index contributed by atoms with van der Waals surface area (Å²) in [5.74, 6) is 0. The molecule has 0 aromatic carbocycles. The van der Waals surface area contributed by atoms with Gasteiger partial charge in [-0.25, -0.2) is 0 Å². The molecule has 0 spiro atoms. The molecule has 0 aromatic heterocycles. The Morgan fingerprint density at radius 2 is 1.77 bits per heavy atom. The van der Waals surface area contributed by atoms with Crippen molar-refractivity contribution in [3.63, 3.8) is 0 Å². The summed E-state index contributed by atoms with van der Waals surface area (Å²) in [5.41, 5.74) is 0. The maximum Gasteiger partial charge on any atom is 0.287 e. The van der Waals surface area contributed by atoms with Crippen LogP contribution < -0.4 is 0 Å². The third-order valence-electron chi connectivity index (χ3n) is 1.74. The van der Waals surface area contributed by atoms with Crippen LogP contribution in [0.15, 0.2) is 11.5 Å². The Balaban J connectivity index is 3.31. The Morgan fingerprint density at radius 1 is 1.15 bits per heavy atom. The molecule has 0 amide bonds. The lowest BCUT2D eigenvalue weighted by Gasteiger charge is -1.95. The first kappa shape index (κ1) is 12.7. The van der Waals surface area contributed by atoms with Crippen molar-refractivity contribution in [2.45, 2.75) is 45.4 Å². The number of unbranched alkanes of at least 4 members (excludes halogenated alkanes) is 5. The van der Waals surface area contributed by atoms with Crippen LogP contribution in [0.3, 0.4) is 0 Å². The first-order valence-corrected chi connectivity index (χ1v) is 6.20. The Morgan fingerprint density at radius 3 is 2.31 bits per heavy atom. The minimum atomic E-state index is -3.90. The molecule has 0 bridgehead atoms. The van der Waals surface area contributed by atoms with Crippen LogP contribution in [0.2, 0.25) is 0 Å². The van der Waals surface area contributed by atoms with E-state index in [1.165, 1.54) is 25.3 Å². The summed E-state index contributed by atoms with van der Waals surface area (Å²) in [7, 11) is -3.90. The number of rotatable bonds is 7. The molecule has 4 heteroatoms. The van der Waals surface area contributed by atoms with Gasteiger partial charge in [0.25, 0.3) is 10.1 Å². The van der Waals surface area contributed by atoms with Crippen molar-refractivity contribution in [3.8, 4) is 0 Å². The van der Waals surface area contributed by atoms with E-state index in [1.54, 1.807) is 0 Å². The average molecular weight is 206 g/mol. The van der Waals surface area contributed by atoms with Gasteiger partial charge in [0.1, 0.15) is 0 Å². The molecule has 0 aliphatic rings. The predicted octanol–water partition coefficient (Wildman–Crippen LogP) is 2.75. The fourth-order valence-corrected chi connectivity index (χ4v) is 1.43. The quantitative estimate of drug-likeness (QED) is 0.514. The molecular weight excluding hydrogens is 188 g/mol. The molecule has 0 fully saturated rings. The lowest BCUT2D eigenvalue weighted by molar-refractivity contribution is 0.494. The molecule has 1 N–H and O–H groups in total. The highest BCUT2D eigenvalue weighted by Crippen LogP contribution is 2.05. The minimum absolute atomic E-state index is 0.726. The highest BCUT2D eigenvalue weighted by atomic mass is 32.2. The number of allylic oxidation sites excluding steroid dienone is 1. The van der Waals surface area contributed by atoms with Crippen LogP contribution in [-0.2, 0) is 10.1 Å². The first-order valence-electron chi connectivity index (χ1n) is 4.70. The van der Waals surface area contributed by atoms with Gasteiger partial charge in [0.2, 0.25) is 0 Å². The van der Waals surface area contributed by atoms with Crippen molar-refractivity contribution >= 4 is 10.1 Å². The molecule has 0 atom stereocenters. The summed E-state index contributed by atoms with van der Waals surface area (Å²) in [5, 5.41) is 0.854. The summed E-state index contributed by atoms with van der Waals surface area (Å²) >= 11 is 0. The first-order chi connectivity index (χ1) is 6.06. The zero-order chi connectivity index (χ0) is 10.2. The van der Waals surface area contributed by atoms with Gasteiger partial charge in [0.15, 0.2) is 0 Å². The number of hydrogen-bond donors (Lipinski definition) is 1. The van der Waals surface area contributed by atoms with E-state index in [9.17, 15) is 8.42 Å². The van der Waals surface area contributed by atoms with E-state index in [1.807, 2.05) is 0 Å². The standard InChI is InChI=1S/C9H18O3S/c1-2-3-4-5-6-7-8-9-13(10,11)12/h8-9H,2-7H2,1H3,(H,10,11,12). The maximum atomic E-state index is 10.2. The number of hydrogen-bond acceptors (Lipinski definition) is 2. The Labute approximate surface area is 80.6 Å². The van der Waals surface area contributed by atoms with Crippen LogP contribution in [-0.4, -0.2) is 13.0 Å². The molecule has 0 saturated carbocycles. The second kappa shape index (κ2) is 7.09. The van der Waals surface area contributed by atoms with Crippen molar-refractivity contribution < 1.29 is 13.0 Å². The SMILES string of the molecule is CCCCCCCC=CS(=O)(=O)O. The molecule has 0 saturated heterocycles. The van der Waals surface area contributed by atoms with E-state index >= 15 is 0 Å². The van der Waals surface area contributed by atoms with E-state index in [0.29, 0.717) is 0 Å². The van der Waals surface area contributed by atoms with Crippen molar-refractivity contribution in [2.75, 3.05) is 0 Å². The Hall–Kier alpha value is -0.350. The van der Waals surface area contributed by atoms with Crippen molar-refractivity contribution in [3.05, 3.63) is 11.5 Å². The summed E-state index contributed by atoms with van der Waals surface area (Å²) in [4.78, 5) is 0. The van der Waals surface area contributed by atoms with Crippen LogP contribution >= 0.6 is 0 Å². The topological polar surface area (TPSA) is 54.4 Å². The second-order valence-corrected chi connectivity index (χ2v) is 4.39.